The van der Waals surface area contributed by atoms with Gasteiger partial charge in [-0.3, -0.25) is 19.4 Å². The lowest BCUT2D eigenvalue weighted by Crippen LogP contribution is -2.38. The second-order valence-electron chi connectivity index (χ2n) is 15.2. The Balaban J connectivity index is 0.000000162. The van der Waals surface area contributed by atoms with Crippen LogP contribution in [0, 0.1) is 11.8 Å². The molecule has 0 aromatic heterocycles. The quantitative estimate of drug-likeness (QED) is 0.195. The van der Waals surface area contributed by atoms with Crippen LogP contribution in [-0.2, 0) is 40.0 Å². The summed E-state index contributed by atoms with van der Waals surface area (Å²) in [7, 11) is 0. The predicted molar refractivity (Wildman–Crippen MR) is 206 cm³/mol. The summed E-state index contributed by atoms with van der Waals surface area (Å²) in [6.45, 7) is 6.39. The van der Waals surface area contributed by atoms with Crippen LogP contribution in [-0.4, -0.2) is 59.6 Å². The van der Waals surface area contributed by atoms with E-state index in [1.807, 2.05) is 6.92 Å². The lowest BCUT2D eigenvalue weighted by molar-refractivity contribution is -0.144. The van der Waals surface area contributed by atoms with Gasteiger partial charge in [0.25, 0.3) is 0 Å². The number of fused-ring (bicyclic) bond motifs is 4. The number of benzene rings is 4. The van der Waals surface area contributed by atoms with Crippen molar-refractivity contribution in [3.05, 3.63) is 142 Å². The van der Waals surface area contributed by atoms with Gasteiger partial charge >= 0.3 is 11.9 Å². The third-order valence-electron chi connectivity index (χ3n) is 12.0. The largest absolute Gasteiger partial charge is 0.481 e. The molecule has 2 fully saturated rings. The Kier molecular flexibility index (Phi) is 11.8. The molecule has 0 saturated carbocycles. The van der Waals surface area contributed by atoms with Crippen LogP contribution in [0.1, 0.15) is 102 Å². The molecule has 8 rings (SSSR count). The number of aryl methyl sites for hydroxylation is 4. The Bertz CT molecular complexity index is 1730. The van der Waals surface area contributed by atoms with Crippen LogP contribution in [0.2, 0.25) is 0 Å². The van der Waals surface area contributed by atoms with Gasteiger partial charge in [-0.05, 0) is 141 Å². The van der Waals surface area contributed by atoms with Gasteiger partial charge < -0.3 is 9.84 Å². The maximum absolute atomic E-state index is 11.8. The van der Waals surface area contributed by atoms with Crippen molar-refractivity contribution < 1.29 is 19.4 Å². The van der Waals surface area contributed by atoms with Crippen LogP contribution in [0.4, 0.5) is 0 Å². The summed E-state index contributed by atoms with van der Waals surface area (Å²) in [6, 6.07) is 36.2. The topological polar surface area (TPSA) is 70.1 Å². The molecule has 2 heterocycles. The highest BCUT2D eigenvalue weighted by molar-refractivity contribution is 5.69. The summed E-state index contributed by atoms with van der Waals surface area (Å²) in [5.74, 6) is 0.0753. The number of esters is 1. The monoisotopic (exact) mass is 698 g/mol. The number of hydrogen-bond acceptors (Lipinski definition) is 5. The number of aliphatic carboxylic acids is 1. The van der Waals surface area contributed by atoms with Crippen LogP contribution < -0.4 is 0 Å². The SMILES string of the molecule is CCOC(=O)CC1CCN(C2c3ccccc3CCc3ccccc32)CC1.O=C(O)CC1CCN(C2c3ccccc3CCc3ccccc32)CC1. The van der Waals surface area contributed by atoms with E-state index in [-0.39, 0.29) is 5.97 Å². The maximum Gasteiger partial charge on any atom is 0.306 e. The number of ether oxygens (including phenoxy) is 1. The number of nitrogens with zero attached hydrogens (tertiary/aromatic N) is 2. The van der Waals surface area contributed by atoms with Gasteiger partial charge in [0, 0.05) is 12.8 Å². The van der Waals surface area contributed by atoms with E-state index >= 15 is 0 Å². The Labute approximate surface area is 309 Å². The molecule has 2 aliphatic heterocycles. The van der Waals surface area contributed by atoms with Crippen LogP contribution >= 0.6 is 0 Å². The molecule has 1 N–H and O–H groups in total. The summed E-state index contributed by atoms with van der Waals surface area (Å²) >= 11 is 0. The van der Waals surface area contributed by atoms with Gasteiger partial charge in [0.2, 0.25) is 0 Å². The van der Waals surface area contributed by atoms with Crippen molar-refractivity contribution in [3.8, 4) is 0 Å². The number of carbonyl (C=O) groups excluding carboxylic acids is 1. The molecule has 0 unspecified atom stereocenters. The lowest BCUT2D eigenvalue weighted by atomic mass is 9.88. The highest BCUT2D eigenvalue weighted by Crippen LogP contribution is 2.40. The van der Waals surface area contributed by atoms with E-state index < -0.39 is 5.97 Å². The minimum Gasteiger partial charge on any atom is -0.481 e. The zero-order valence-electron chi connectivity index (χ0n) is 30.7. The molecular formula is C46H54N2O4. The first-order chi connectivity index (χ1) is 25.5. The van der Waals surface area contributed by atoms with E-state index in [9.17, 15) is 9.59 Å². The molecule has 4 aliphatic rings. The molecule has 0 bridgehead atoms. The fourth-order valence-corrected chi connectivity index (χ4v) is 9.31. The first-order valence-electron chi connectivity index (χ1n) is 19.6. The first kappa shape index (κ1) is 36.1. The van der Waals surface area contributed by atoms with Crippen molar-refractivity contribution in [2.24, 2.45) is 11.8 Å². The van der Waals surface area contributed by atoms with E-state index in [0.717, 1.165) is 77.5 Å². The summed E-state index contributed by atoms with van der Waals surface area (Å²) in [5, 5.41) is 9.06. The molecule has 6 heteroatoms. The Hall–Kier alpha value is -4.26. The molecular weight excluding hydrogens is 645 g/mol. The van der Waals surface area contributed by atoms with E-state index in [0.29, 0.717) is 43.4 Å². The number of likely N-dealkylation sites (tertiary alicyclic amines) is 2. The molecule has 4 aromatic carbocycles. The molecule has 2 saturated heterocycles. The summed E-state index contributed by atoms with van der Waals surface area (Å²) in [5.41, 5.74) is 11.7. The average molecular weight is 699 g/mol. The molecule has 6 nitrogen and oxygen atoms in total. The van der Waals surface area contributed by atoms with Gasteiger partial charge in [-0.1, -0.05) is 97.1 Å². The second-order valence-corrected chi connectivity index (χ2v) is 15.2. The first-order valence-corrected chi connectivity index (χ1v) is 19.6. The standard InChI is InChI=1S/C24H29NO2.C22H25NO2/c1-2-27-23(26)17-18-13-15-25(16-14-18)24-21-9-5-3-7-19(21)11-12-20-8-4-6-10-22(20)24;24-21(25)15-16-11-13-23(14-12-16)22-19-7-3-1-5-17(19)9-10-18-6-2-4-8-20(18)22/h3-10,18,24H,2,11-17H2,1H3;1-8,16,22H,9-15H2,(H,24,25). The minimum atomic E-state index is -0.663. The zero-order chi connectivity index (χ0) is 35.9. The molecule has 4 aromatic rings. The van der Waals surface area contributed by atoms with E-state index in [1.54, 1.807) is 0 Å². The van der Waals surface area contributed by atoms with Gasteiger partial charge in [-0.2, -0.15) is 0 Å². The van der Waals surface area contributed by atoms with Gasteiger partial charge in [0.15, 0.2) is 0 Å². The van der Waals surface area contributed by atoms with Gasteiger partial charge in [-0.25, -0.2) is 0 Å². The lowest BCUT2D eigenvalue weighted by Gasteiger charge is -2.38. The van der Waals surface area contributed by atoms with E-state index in [4.69, 9.17) is 9.84 Å². The summed E-state index contributed by atoms with van der Waals surface area (Å²) in [4.78, 5) is 28.0. The van der Waals surface area contributed by atoms with Gasteiger partial charge in [0.1, 0.15) is 0 Å². The molecule has 0 amide bonds. The third-order valence-corrected chi connectivity index (χ3v) is 12.0. The van der Waals surface area contributed by atoms with Gasteiger partial charge in [0.05, 0.1) is 18.7 Å². The van der Waals surface area contributed by atoms with Crippen molar-refractivity contribution in [3.63, 3.8) is 0 Å². The predicted octanol–water partition coefficient (Wildman–Crippen LogP) is 8.60. The minimum absolute atomic E-state index is 0.0406. The number of rotatable bonds is 7. The highest BCUT2D eigenvalue weighted by Gasteiger charge is 2.33. The molecule has 0 atom stereocenters. The van der Waals surface area contributed by atoms with Crippen molar-refractivity contribution >= 4 is 11.9 Å². The third kappa shape index (κ3) is 8.35. The zero-order valence-corrected chi connectivity index (χ0v) is 30.7. The smallest absolute Gasteiger partial charge is 0.306 e. The molecule has 52 heavy (non-hydrogen) atoms. The number of carbonyl (C=O) groups is 2. The molecule has 0 spiro atoms. The summed E-state index contributed by atoms with van der Waals surface area (Å²) < 4.78 is 5.14. The van der Waals surface area contributed by atoms with E-state index in [2.05, 4.69) is 107 Å². The van der Waals surface area contributed by atoms with E-state index in [1.165, 1.54) is 44.5 Å². The van der Waals surface area contributed by atoms with Crippen molar-refractivity contribution in [1.82, 2.24) is 9.80 Å². The van der Waals surface area contributed by atoms with Crippen LogP contribution in [0.5, 0.6) is 0 Å². The Morgan fingerprint density at radius 2 is 0.885 bits per heavy atom. The Morgan fingerprint density at radius 3 is 1.21 bits per heavy atom. The molecule has 2 aliphatic carbocycles. The van der Waals surface area contributed by atoms with Crippen LogP contribution in [0.25, 0.3) is 0 Å². The number of piperidine rings is 2. The van der Waals surface area contributed by atoms with Crippen molar-refractivity contribution in [2.45, 2.75) is 83.2 Å². The molecule has 0 radical (unpaired) electrons. The Morgan fingerprint density at radius 1 is 0.558 bits per heavy atom. The number of hydrogen-bond donors (Lipinski definition) is 1. The second kappa shape index (κ2) is 17.0. The van der Waals surface area contributed by atoms with Gasteiger partial charge in [-0.15, -0.1) is 0 Å². The fraction of sp³-hybridized carbons (Fsp3) is 0.435. The molecule has 272 valence electrons. The average Bonchev–Trinajstić information content (AvgIpc) is 3.44. The van der Waals surface area contributed by atoms with Crippen molar-refractivity contribution in [2.75, 3.05) is 32.8 Å². The van der Waals surface area contributed by atoms with Crippen LogP contribution in [0.3, 0.4) is 0 Å². The number of carboxylic acids is 1. The van der Waals surface area contributed by atoms with Crippen molar-refractivity contribution in [1.29, 1.82) is 0 Å². The normalized spacial score (nSPS) is 18.7. The maximum atomic E-state index is 11.8. The summed E-state index contributed by atoms with van der Waals surface area (Å²) in [6.07, 6.45) is 9.40. The van der Waals surface area contributed by atoms with Crippen LogP contribution in [0.15, 0.2) is 97.1 Å². The highest BCUT2D eigenvalue weighted by atomic mass is 16.5. The number of carboxylic acid groups (broad SMARTS) is 1. The fourth-order valence-electron chi connectivity index (χ4n) is 9.31.